The third-order valence-electron chi connectivity index (χ3n) is 22.9. The summed E-state index contributed by atoms with van der Waals surface area (Å²) in [5.74, 6) is -27.3. The Kier molecular flexibility index (Phi) is 55.9. The number of carbonyl (C=O) groups excluding carboxylic acids is 19. The number of hydrogen-bond donors (Lipinski definition) is 29. The summed E-state index contributed by atoms with van der Waals surface area (Å²) in [7, 11) is 6.41. The highest BCUT2D eigenvalue weighted by atomic mass is 33.1. The first-order chi connectivity index (χ1) is 68.7. The van der Waals surface area contributed by atoms with Gasteiger partial charge in [-0.05, 0) is 107 Å². The zero-order valence-electron chi connectivity index (χ0n) is 80.4. The summed E-state index contributed by atoms with van der Waals surface area (Å²) in [6.07, 6.45) is 2.50. The molecule has 0 aliphatic carbocycles. The number of carboxylic acids is 1. The number of carbonyl (C=O) groups is 20. The van der Waals surface area contributed by atoms with Crippen LogP contribution < -0.4 is 129 Å². The van der Waals surface area contributed by atoms with Crippen LogP contribution in [0.4, 0.5) is 0 Å². The molecule has 6 bridgehead atoms. The van der Waals surface area contributed by atoms with Gasteiger partial charge in [0.1, 0.15) is 96.7 Å². The largest absolute Gasteiger partial charge is 0.480 e. The van der Waals surface area contributed by atoms with Crippen molar-refractivity contribution in [2.24, 2.45) is 34.8 Å². The number of hydrogen-bond acceptors (Lipinski definition) is 36. The molecule has 5 heterocycles. The van der Waals surface area contributed by atoms with E-state index in [9.17, 15) is 58.5 Å². The predicted molar refractivity (Wildman–Crippen MR) is 552 cm³/mol. The maximum Gasteiger partial charge on any atom is 0.328 e. The van der Waals surface area contributed by atoms with E-state index in [1.54, 1.807) is 64.3 Å². The normalized spacial score (nSPS) is 26.0. The highest BCUT2D eigenvalue weighted by Gasteiger charge is 2.42. The van der Waals surface area contributed by atoms with Gasteiger partial charge in [-0.25, -0.2) is 9.78 Å². The molecule has 1 aromatic heterocycles. The van der Waals surface area contributed by atoms with E-state index in [1.165, 1.54) is 24.3 Å². The summed E-state index contributed by atoms with van der Waals surface area (Å²) < 4.78 is 0. The SMILES string of the molecule is CCC(C)C(N)C(=O)NC1CSSCC2NC(=O)CNC(=O)C3CSSCC(NC(=O)C(CCSC)NC(=O)CNC(=O)C4CSSCC(NC2=O)C(=O)NC(Cc2cnc[nH]2)C(=O)NC(CCCNC(=N)N)C(=O)NC(CO)C(=O)NC(CCCCN)C(=O)N4)C(=O)NC(C(=O)NC(CCCCN)C(=O)NC(C(=O)O)C(C)O)CSSCC(NC(=O)C(Cc2ccccc2)NC(=O)C(C(C)CC)NC1=O)C(=O)N3. The van der Waals surface area contributed by atoms with E-state index < -0.39 is 323 Å². The molecule has 4 aliphatic rings. The fourth-order valence-electron chi connectivity index (χ4n) is 14.0. The van der Waals surface area contributed by atoms with E-state index in [0.717, 1.165) is 93.3 Å². The van der Waals surface area contributed by atoms with Gasteiger partial charge < -0.3 is 150 Å². The van der Waals surface area contributed by atoms with E-state index in [2.05, 4.69) is 116 Å². The van der Waals surface area contributed by atoms with Gasteiger partial charge in [-0.1, -0.05) is 157 Å². The summed E-state index contributed by atoms with van der Waals surface area (Å²) in [4.78, 5) is 304. The number of carboxylic acid groups (broad SMARTS) is 1. The van der Waals surface area contributed by atoms with Crippen LogP contribution in [-0.4, -0.2) is 362 Å². The van der Waals surface area contributed by atoms with Crippen molar-refractivity contribution in [3.05, 3.63) is 54.1 Å². The van der Waals surface area contributed by atoms with Crippen LogP contribution in [-0.2, 0) is 109 Å². The molecular formula is C85H135N27O23S9. The first-order valence-electron chi connectivity index (χ1n) is 46.7. The lowest BCUT2D eigenvalue weighted by atomic mass is 9.96. The second-order valence-corrected chi connectivity index (χ2v) is 45.3. The van der Waals surface area contributed by atoms with Gasteiger partial charge in [-0.3, -0.25) is 96.5 Å². The van der Waals surface area contributed by atoms with Gasteiger partial charge in [-0.2, -0.15) is 11.8 Å². The number of nitrogens with two attached hydrogens (primary N) is 4. The number of imidazole rings is 1. The minimum atomic E-state index is -1.89. The number of guanidine groups is 1. The molecule has 4 aliphatic heterocycles. The molecule has 21 unspecified atom stereocenters. The molecule has 33 N–H and O–H groups in total. The molecule has 0 saturated carbocycles. The number of unbranched alkanes of at least 4 members (excludes halogenated alkanes) is 2. The van der Waals surface area contributed by atoms with Crippen molar-refractivity contribution >= 4 is 222 Å². The molecule has 6 rings (SSSR count). The molecule has 1 aromatic carbocycles. The van der Waals surface area contributed by atoms with Gasteiger partial charge in [0, 0.05) is 77.3 Å². The van der Waals surface area contributed by atoms with Crippen LogP contribution in [0.1, 0.15) is 117 Å². The van der Waals surface area contributed by atoms with Gasteiger partial charge >= 0.3 is 5.97 Å². The minimum Gasteiger partial charge on any atom is -0.480 e. The maximum absolute atomic E-state index is 15.6. The van der Waals surface area contributed by atoms with Crippen LogP contribution in [0.5, 0.6) is 0 Å². The minimum absolute atomic E-state index is 0.0174. The number of nitrogens with one attached hydrogen (secondary N) is 22. The van der Waals surface area contributed by atoms with Crippen LogP contribution in [0, 0.1) is 17.2 Å². The van der Waals surface area contributed by atoms with Gasteiger partial charge in [0.05, 0.1) is 38.2 Å². The third-order valence-corrected chi connectivity index (χ3v) is 33.3. The summed E-state index contributed by atoms with van der Waals surface area (Å²) in [5.41, 5.74) is 24.5. The van der Waals surface area contributed by atoms with Crippen molar-refractivity contribution in [1.29, 1.82) is 5.41 Å². The van der Waals surface area contributed by atoms with Crippen LogP contribution in [0.15, 0.2) is 42.9 Å². The van der Waals surface area contributed by atoms with Crippen molar-refractivity contribution in [1.82, 2.24) is 116 Å². The van der Waals surface area contributed by atoms with Gasteiger partial charge in [0.15, 0.2) is 12.0 Å². The van der Waals surface area contributed by atoms with Crippen LogP contribution in [0.25, 0.3) is 0 Å². The van der Waals surface area contributed by atoms with Crippen molar-refractivity contribution < 1.29 is 111 Å². The van der Waals surface area contributed by atoms with E-state index in [1.807, 2.05) is 0 Å². The lowest BCUT2D eigenvalue weighted by molar-refractivity contribution is -0.145. The Hall–Kier alpha value is -9.95. The zero-order valence-corrected chi connectivity index (χ0v) is 87.8. The average Bonchev–Trinajstić information content (AvgIpc) is 1.03. The Bertz CT molecular complexity index is 4660. The van der Waals surface area contributed by atoms with Crippen LogP contribution in [0.3, 0.4) is 0 Å². The van der Waals surface area contributed by atoms with E-state index in [0.29, 0.717) is 12.0 Å². The number of aliphatic carboxylic acids is 1. The predicted octanol–water partition coefficient (Wildman–Crippen LogP) is -7.60. The quantitative estimate of drug-likeness (QED) is 0.0140. The van der Waals surface area contributed by atoms with Crippen molar-refractivity contribution in [3.8, 4) is 0 Å². The van der Waals surface area contributed by atoms with Crippen LogP contribution in [0.2, 0.25) is 0 Å². The van der Waals surface area contributed by atoms with Crippen LogP contribution >= 0.6 is 98.1 Å². The zero-order chi connectivity index (χ0) is 106. The number of aromatic nitrogens is 2. The number of H-pyrrole nitrogens is 1. The summed E-state index contributed by atoms with van der Waals surface area (Å²) in [6.45, 7) is 4.96. The summed E-state index contributed by atoms with van der Waals surface area (Å²) in [6, 6.07) is -21.9. The van der Waals surface area contributed by atoms with Crippen molar-refractivity contribution in [2.75, 3.05) is 97.4 Å². The third kappa shape index (κ3) is 42.9. The van der Waals surface area contributed by atoms with E-state index >= 15 is 52.7 Å². The number of amides is 19. The number of aliphatic hydroxyl groups excluding tert-OH is 2. The van der Waals surface area contributed by atoms with Crippen molar-refractivity contribution in [2.45, 2.75) is 233 Å². The Labute approximate surface area is 868 Å². The molecule has 144 heavy (non-hydrogen) atoms. The molecule has 0 radical (unpaired) electrons. The fraction of sp³-hybridized carbons (Fsp3) is 0.647. The van der Waals surface area contributed by atoms with E-state index in [-0.39, 0.29) is 102 Å². The molecule has 4 fully saturated rings. The van der Waals surface area contributed by atoms with Gasteiger partial charge in [-0.15, -0.1) is 0 Å². The number of fused-ring (bicyclic) bond motifs is 16. The molecule has 50 nitrogen and oxygen atoms in total. The topological polar surface area (TPSA) is 799 Å². The number of thioether (sulfide) groups is 1. The molecule has 21 atom stereocenters. The van der Waals surface area contributed by atoms with Crippen molar-refractivity contribution in [3.63, 3.8) is 0 Å². The average molecular weight is 2190 g/mol. The molecule has 0 spiro atoms. The second kappa shape index (κ2) is 65.6. The Morgan fingerprint density at radius 3 is 1.47 bits per heavy atom. The number of benzene rings is 1. The Morgan fingerprint density at radius 2 is 0.951 bits per heavy atom. The van der Waals surface area contributed by atoms with E-state index in [4.69, 9.17) is 28.3 Å². The Morgan fingerprint density at radius 1 is 0.500 bits per heavy atom. The number of rotatable bonds is 32. The summed E-state index contributed by atoms with van der Waals surface area (Å²) in [5, 5.41) is 90.7. The first kappa shape index (κ1) is 123. The lowest BCUT2D eigenvalue weighted by Crippen LogP contribution is -2.62. The molecule has 59 heteroatoms. The molecule has 4 saturated heterocycles. The van der Waals surface area contributed by atoms with Gasteiger partial charge in [0.25, 0.3) is 0 Å². The fourth-order valence-corrected chi connectivity index (χ4v) is 23.8. The molecule has 19 amide bonds. The highest BCUT2D eigenvalue weighted by molar-refractivity contribution is 8.77. The lowest BCUT2D eigenvalue weighted by Gasteiger charge is -2.30. The number of nitrogens with zero attached hydrogens (tertiary/aromatic N) is 1. The molecule has 802 valence electrons. The second-order valence-electron chi connectivity index (χ2n) is 34.1. The molecular weight excluding hydrogens is 2060 g/mol. The first-order valence-corrected chi connectivity index (χ1v) is 58.0. The smallest absolute Gasteiger partial charge is 0.328 e. The monoisotopic (exact) mass is 2190 g/mol. The van der Waals surface area contributed by atoms with Gasteiger partial charge in [0.2, 0.25) is 112 Å². The standard InChI is InChI=1S/C85H135N27O23S9/c1-7-42(3)64(88)82(132)110-61-40-144-139-35-56-76(126)108-58-37-140-137-33-54(104-70(120)47(19-12-14-23-86)99-75(125)53(32-113)103-69(119)49(21-16-25-92-85(89)90)98-74(124)52(101-78(58)128)28-46-29-91-41-95-46)67(117)93-30-62(115)96-50(22-26-136-6)71(121)106-59-38-141-138-34-55(68(118)94-31-63(116)97-56)105-79(129)60(107-73(123)51(27-45-17-10-9-11-18-45)102-83(133)65(43(4)8-2)111-81(61)131)39-143-142-36-57(109-80(59)130)77(127)100-48(20-13-15-24-87)72(122)112-66(44(5)114)84(134)135/h9-11,17-18,29,41-44,47-61,64-66,113-114H,7-8,12-16,19-28,30-40,86-88H2,1-6H3,(H,91,95)(H,93,117)(H,94,118)(H,96,115)(H,97,116)(H,98,124)(H,99,125)(H,100,127)(H,101,128)(H,102,133)(H,103,119)(H,104,120)(H,105,129)(H,106,121)(H,107,123)(H,108,126)(H,109,130)(H,110,132)(H,111,131)(H,112,122)(H,134,135)(H4,89,90,92). The number of aromatic amines is 1. The summed E-state index contributed by atoms with van der Waals surface area (Å²) >= 11 is 1.22. The Balaban J connectivity index is 1.63. The highest BCUT2D eigenvalue weighted by Crippen LogP contribution is 2.30. The molecule has 2 aromatic rings. The maximum atomic E-state index is 15.6. The number of aliphatic hydroxyl groups is 2.